The van der Waals surface area contributed by atoms with E-state index in [1.54, 1.807) is 13.8 Å². The first-order chi connectivity index (χ1) is 12.7. The van der Waals surface area contributed by atoms with Crippen molar-refractivity contribution in [3.63, 3.8) is 0 Å². The monoisotopic (exact) mass is 351 g/mol. The van der Waals surface area contributed by atoms with Crippen LogP contribution in [0, 0.1) is 6.92 Å². The van der Waals surface area contributed by atoms with Gasteiger partial charge in [-0.1, -0.05) is 30.3 Å². The Morgan fingerprint density at radius 1 is 1.31 bits per heavy atom. The molecular weight excluding hydrogens is 330 g/mol. The zero-order chi connectivity index (χ0) is 18.1. The van der Waals surface area contributed by atoms with Gasteiger partial charge in [0.1, 0.15) is 23.5 Å². The predicted molar refractivity (Wildman–Crippen MR) is 98.5 cm³/mol. The second-order valence-electron chi connectivity index (χ2n) is 6.47. The van der Waals surface area contributed by atoms with Crippen molar-refractivity contribution >= 4 is 22.9 Å². The van der Waals surface area contributed by atoms with E-state index in [4.69, 9.17) is 9.15 Å². The van der Waals surface area contributed by atoms with Gasteiger partial charge in [0.2, 0.25) is 5.71 Å². The largest absolute Gasteiger partial charge is 0.462 e. The molecule has 3 aromatic rings. The first kappa shape index (κ1) is 16.6. The lowest BCUT2D eigenvalue weighted by molar-refractivity contribution is 0.0526. The number of nitrogens with zero attached hydrogens (tertiary/aromatic N) is 3. The summed E-state index contributed by atoms with van der Waals surface area (Å²) in [6.45, 7) is 5.58. The molecule has 1 atom stereocenters. The first-order valence-electron chi connectivity index (χ1n) is 8.90. The Labute approximate surface area is 151 Å². The molecule has 26 heavy (non-hydrogen) atoms. The van der Waals surface area contributed by atoms with E-state index in [0.717, 1.165) is 25.3 Å². The summed E-state index contributed by atoms with van der Waals surface area (Å²) >= 11 is 0. The third kappa shape index (κ3) is 2.81. The van der Waals surface area contributed by atoms with Gasteiger partial charge in [-0.3, -0.25) is 0 Å². The molecule has 6 heteroatoms. The maximum atomic E-state index is 12.4. The van der Waals surface area contributed by atoms with Crippen molar-refractivity contribution in [3.05, 3.63) is 53.5 Å². The number of carbonyl (C=O) groups is 1. The van der Waals surface area contributed by atoms with Gasteiger partial charge >= 0.3 is 5.97 Å². The quantitative estimate of drug-likeness (QED) is 0.668. The molecule has 0 N–H and O–H groups in total. The minimum Gasteiger partial charge on any atom is -0.462 e. The summed E-state index contributed by atoms with van der Waals surface area (Å²) in [5.41, 5.74) is 2.19. The molecular formula is C20H21N3O3. The molecule has 3 heterocycles. The van der Waals surface area contributed by atoms with Crippen molar-refractivity contribution in [2.45, 2.75) is 26.2 Å². The number of benzene rings is 1. The van der Waals surface area contributed by atoms with Crippen molar-refractivity contribution in [1.29, 1.82) is 0 Å². The molecule has 0 spiro atoms. The second-order valence-corrected chi connectivity index (χ2v) is 6.47. The Hall–Kier alpha value is -2.89. The lowest BCUT2D eigenvalue weighted by atomic mass is 9.99. The van der Waals surface area contributed by atoms with E-state index in [1.807, 2.05) is 6.07 Å². The van der Waals surface area contributed by atoms with Crippen molar-refractivity contribution in [1.82, 2.24) is 9.97 Å². The summed E-state index contributed by atoms with van der Waals surface area (Å²) in [5.74, 6) is 1.31. The molecule has 1 aliphatic rings. The Bertz CT molecular complexity index is 936. The summed E-state index contributed by atoms with van der Waals surface area (Å²) in [6.07, 6.45) is 2.53. The molecule has 0 saturated carbocycles. The third-order valence-corrected chi connectivity index (χ3v) is 4.88. The molecule has 1 aliphatic heterocycles. The van der Waals surface area contributed by atoms with Crippen LogP contribution in [0.1, 0.15) is 40.9 Å². The number of aromatic nitrogens is 2. The van der Waals surface area contributed by atoms with Gasteiger partial charge in [0, 0.05) is 19.0 Å². The molecule has 1 saturated heterocycles. The zero-order valence-electron chi connectivity index (χ0n) is 14.9. The van der Waals surface area contributed by atoms with Crippen LogP contribution in [0.4, 0.5) is 5.82 Å². The lowest BCUT2D eigenvalue weighted by Gasteiger charge is -2.18. The van der Waals surface area contributed by atoms with Crippen molar-refractivity contribution in [2.75, 3.05) is 24.6 Å². The topological polar surface area (TPSA) is 68.5 Å². The summed E-state index contributed by atoms with van der Waals surface area (Å²) in [7, 11) is 0. The van der Waals surface area contributed by atoms with E-state index < -0.39 is 5.97 Å². The second kappa shape index (κ2) is 6.78. The Morgan fingerprint density at radius 3 is 2.88 bits per heavy atom. The number of furan rings is 1. The summed E-state index contributed by atoms with van der Waals surface area (Å²) < 4.78 is 10.9. The van der Waals surface area contributed by atoms with Gasteiger partial charge < -0.3 is 14.1 Å². The number of ether oxygens (including phenoxy) is 1. The van der Waals surface area contributed by atoms with Crippen LogP contribution in [0.25, 0.3) is 11.1 Å². The van der Waals surface area contributed by atoms with E-state index in [1.165, 1.54) is 11.9 Å². The van der Waals surface area contributed by atoms with Gasteiger partial charge in [-0.2, -0.15) is 0 Å². The molecule has 1 aromatic carbocycles. The number of esters is 1. The van der Waals surface area contributed by atoms with Crippen LogP contribution in [0.5, 0.6) is 0 Å². The fraction of sp³-hybridized carbons (Fsp3) is 0.350. The Morgan fingerprint density at radius 2 is 2.12 bits per heavy atom. The first-order valence-corrected chi connectivity index (χ1v) is 8.90. The molecule has 1 unspecified atom stereocenters. The molecule has 134 valence electrons. The smallest absolute Gasteiger partial charge is 0.342 e. The number of rotatable bonds is 4. The van der Waals surface area contributed by atoms with Gasteiger partial charge in [0.15, 0.2) is 0 Å². The summed E-state index contributed by atoms with van der Waals surface area (Å²) in [5, 5.41) is 0.650. The molecule has 2 aromatic heterocycles. The number of hydrogen-bond donors (Lipinski definition) is 0. The SMILES string of the molecule is CCOC(=O)c1c(C)oc2ncnc(N3CCC(c4ccccc4)C3)c12. The van der Waals surface area contributed by atoms with Gasteiger partial charge in [-0.05, 0) is 25.8 Å². The summed E-state index contributed by atoms with van der Waals surface area (Å²) in [4.78, 5) is 23.3. The van der Waals surface area contributed by atoms with Gasteiger partial charge in [-0.25, -0.2) is 14.8 Å². The van der Waals surface area contributed by atoms with Crippen LogP contribution in [0.3, 0.4) is 0 Å². The highest BCUT2D eigenvalue weighted by molar-refractivity contribution is 6.07. The zero-order valence-corrected chi connectivity index (χ0v) is 14.9. The highest BCUT2D eigenvalue weighted by atomic mass is 16.5. The normalized spacial score (nSPS) is 17.0. The molecule has 0 aliphatic carbocycles. The average Bonchev–Trinajstić information content (AvgIpc) is 3.26. The van der Waals surface area contributed by atoms with E-state index in [-0.39, 0.29) is 0 Å². The fourth-order valence-electron chi connectivity index (χ4n) is 3.67. The van der Waals surface area contributed by atoms with E-state index >= 15 is 0 Å². The Balaban J connectivity index is 1.72. The van der Waals surface area contributed by atoms with E-state index in [0.29, 0.717) is 34.9 Å². The van der Waals surface area contributed by atoms with Crippen LogP contribution in [-0.2, 0) is 4.74 Å². The molecule has 0 radical (unpaired) electrons. The molecule has 6 nitrogen and oxygen atoms in total. The number of hydrogen-bond acceptors (Lipinski definition) is 6. The van der Waals surface area contributed by atoms with E-state index in [9.17, 15) is 4.79 Å². The number of aryl methyl sites for hydroxylation is 1. The molecule has 0 amide bonds. The summed E-state index contributed by atoms with van der Waals surface area (Å²) in [6, 6.07) is 10.5. The van der Waals surface area contributed by atoms with Crippen LogP contribution in [0.2, 0.25) is 0 Å². The maximum absolute atomic E-state index is 12.4. The van der Waals surface area contributed by atoms with Crippen molar-refractivity contribution in [3.8, 4) is 0 Å². The van der Waals surface area contributed by atoms with Crippen molar-refractivity contribution in [2.24, 2.45) is 0 Å². The van der Waals surface area contributed by atoms with Gasteiger partial charge in [0.05, 0.1) is 12.0 Å². The van der Waals surface area contributed by atoms with E-state index in [2.05, 4.69) is 39.1 Å². The molecule has 0 bridgehead atoms. The number of carbonyl (C=O) groups excluding carboxylic acids is 1. The highest BCUT2D eigenvalue weighted by Gasteiger charge is 2.30. The minimum atomic E-state index is -0.390. The highest BCUT2D eigenvalue weighted by Crippen LogP contribution is 2.36. The van der Waals surface area contributed by atoms with Gasteiger partial charge in [0.25, 0.3) is 0 Å². The minimum absolute atomic E-state index is 0.313. The van der Waals surface area contributed by atoms with Crippen LogP contribution in [-0.4, -0.2) is 35.6 Å². The van der Waals surface area contributed by atoms with Crippen LogP contribution >= 0.6 is 0 Å². The Kier molecular flexibility index (Phi) is 4.32. The molecule has 4 rings (SSSR count). The number of fused-ring (bicyclic) bond motifs is 1. The van der Waals surface area contributed by atoms with Crippen LogP contribution < -0.4 is 4.90 Å². The molecule has 1 fully saturated rings. The van der Waals surface area contributed by atoms with Gasteiger partial charge in [-0.15, -0.1) is 0 Å². The number of anilines is 1. The van der Waals surface area contributed by atoms with Crippen molar-refractivity contribution < 1.29 is 13.9 Å². The lowest BCUT2D eigenvalue weighted by Crippen LogP contribution is -2.21. The van der Waals surface area contributed by atoms with Crippen LogP contribution in [0.15, 0.2) is 41.1 Å². The standard InChI is InChI=1S/C20H21N3O3/c1-3-25-20(24)16-13(2)26-19-17(16)18(21-12-22-19)23-10-9-15(11-23)14-7-5-4-6-8-14/h4-8,12,15H,3,9-11H2,1-2H3. The third-order valence-electron chi connectivity index (χ3n) is 4.88. The predicted octanol–water partition coefficient (Wildman–Crippen LogP) is 3.70. The average molecular weight is 351 g/mol. The fourth-order valence-corrected chi connectivity index (χ4v) is 3.67. The maximum Gasteiger partial charge on any atom is 0.342 e.